The minimum Gasteiger partial charge on any atom is -0.460 e. The van der Waals surface area contributed by atoms with Crippen LogP contribution in [0, 0.1) is 6.92 Å². The molecule has 3 rings (SSSR count). The van der Waals surface area contributed by atoms with E-state index < -0.39 is 5.97 Å². The minimum absolute atomic E-state index is 0.0466. The molecule has 1 aromatic heterocycles. The van der Waals surface area contributed by atoms with Gasteiger partial charge in [-0.2, -0.15) is 0 Å². The number of rotatable bonds is 3. The maximum Gasteiger partial charge on any atom is 0.345 e. The lowest BCUT2D eigenvalue weighted by molar-refractivity contribution is 0.0467. The van der Waals surface area contributed by atoms with Crippen molar-refractivity contribution in [2.45, 2.75) is 13.5 Å². The van der Waals surface area contributed by atoms with Crippen LogP contribution in [0.5, 0.6) is 0 Å². The van der Waals surface area contributed by atoms with Crippen LogP contribution in [0.1, 0.15) is 21.7 Å². The summed E-state index contributed by atoms with van der Waals surface area (Å²) in [5.41, 5.74) is 0.912. The molecular weight excluding hydrogens is 280 g/mol. The number of benzene rings is 2. The first-order valence-corrected chi connectivity index (χ1v) is 6.90. The Labute approximate surface area is 127 Å². The highest BCUT2D eigenvalue weighted by molar-refractivity contribution is 5.94. The van der Waals surface area contributed by atoms with E-state index in [9.17, 15) is 9.59 Å². The van der Waals surface area contributed by atoms with E-state index in [4.69, 9.17) is 9.15 Å². The van der Waals surface area contributed by atoms with E-state index in [0.717, 1.165) is 5.56 Å². The Morgan fingerprint density at radius 1 is 1.05 bits per heavy atom. The number of para-hydroxylation sites is 1. The first kappa shape index (κ1) is 14.1. The predicted octanol–water partition coefficient (Wildman–Crippen LogP) is 3.46. The van der Waals surface area contributed by atoms with Crippen LogP contribution in [-0.2, 0) is 11.3 Å². The Hall–Kier alpha value is -2.88. The summed E-state index contributed by atoms with van der Waals surface area (Å²) in [6.07, 6.45) is 0. The Morgan fingerprint density at radius 2 is 1.73 bits per heavy atom. The van der Waals surface area contributed by atoms with Crippen molar-refractivity contribution < 1.29 is 13.9 Å². The maximum absolute atomic E-state index is 12.4. The zero-order chi connectivity index (χ0) is 15.5. The number of aryl methyl sites for hydroxylation is 1. The van der Waals surface area contributed by atoms with Crippen LogP contribution >= 0.6 is 0 Å². The van der Waals surface area contributed by atoms with E-state index in [-0.39, 0.29) is 23.4 Å². The lowest BCUT2D eigenvalue weighted by atomic mass is 10.1. The Bertz CT molecular complexity index is 878. The molecule has 0 aliphatic rings. The van der Waals surface area contributed by atoms with Crippen molar-refractivity contribution in [3.05, 3.63) is 81.7 Å². The third-order valence-corrected chi connectivity index (χ3v) is 3.39. The number of hydrogen-bond donors (Lipinski definition) is 0. The standard InChI is InChI=1S/C18H14O4/c1-12-16(17(19)14-9-5-6-10-15(14)22-12)18(20)21-11-13-7-3-2-4-8-13/h2-10H,11H2,1H3. The summed E-state index contributed by atoms with van der Waals surface area (Å²) < 4.78 is 10.8. The van der Waals surface area contributed by atoms with Crippen molar-refractivity contribution in [1.82, 2.24) is 0 Å². The molecule has 1 heterocycles. The lowest BCUT2D eigenvalue weighted by Crippen LogP contribution is -2.19. The molecule has 0 N–H and O–H groups in total. The SMILES string of the molecule is Cc1oc2ccccc2c(=O)c1C(=O)OCc1ccccc1. The van der Waals surface area contributed by atoms with Gasteiger partial charge in [-0.1, -0.05) is 42.5 Å². The summed E-state index contributed by atoms with van der Waals surface area (Å²) in [6.45, 7) is 1.71. The molecule has 0 aliphatic carbocycles. The van der Waals surface area contributed by atoms with Crippen LogP contribution < -0.4 is 5.43 Å². The number of fused-ring (bicyclic) bond motifs is 1. The van der Waals surface area contributed by atoms with E-state index in [1.54, 1.807) is 31.2 Å². The molecular formula is C18H14O4. The topological polar surface area (TPSA) is 56.5 Å². The van der Waals surface area contributed by atoms with Gasteiger partial charge in [-0.3, -0.25) is 4.79 Å². The van der Waals surface area contributed by atoms with Crippen molar-refractivity contribution in [3.8, 4) is 0 Å². The lowest BCUT2D eigenvalue weighted by Gasteiger charge is -2.07. The molecule has 0 unspecified atom stereocenters. The van der Waals surface area contributed by atoms with Crippen molar-refractivity contribution in [2.75, 3.05) is 0 Å². The van der Waals surface area contributed by atoms with Gasteiger partial charge in [-0.15, -0.1) is 0 Å². The van der Waals surface area contributed by atoms with Gasteiger partial charge < -0.3 is 9.15 Å². The van der Waals surface area contributed by atoms with Crippen LogP contribution in [0.15, 0.2) is 63.8 Å². The smallest absolute Gasteiger partial charge is 0.345 e. The zero-order valence-corrected chi connectivity index (χ0v) is 12.0. The molecule has 0 fully saturated rings. The van der Waals surface area contributed by atoms with E-state index in [2.05, 4.69) is 0 Å². The molecule has 0 spiro atoms. The Balaban J connectivity index is 1.92. The van der Waals surface area contributed by atoms with Crippen molar-refractivity contribution >= 4 is 16.9 Å². The average Bonchev–Trinajstić information content (AvgIpc) is 2.54. The predicted molar refractivity (Wildman–Crippen MR) is 82.8 cm³/mol. The third-order valence-electron chi connectivity index (χ3n) is 3.39. The Morgan fingerprint density at radius 3 is 2.50 bits per heavy atom. The molecule has 22 heavy (non-hydrogen) atoms. The van der Waals surface area contributed by atoms with Gasteiger partial charge in [0, 0.05) is 0 Å². The summed E-state index contributed by atoms with van der Waals surface area (Å²) in [7, 11) is 0. The number of esters is 1. The molecule has 4 nitrogen and oxygen atoms in total. The molecule has 2 aromatic carbocycles. The van der Waals surface area contributed by atoms with Gasteiger partial charge in [0.15, 0.2) is 0 Å². The fraction of sp³-hybridized carbons (Fsp3) is 0.111. The van der Waals surface area contributed by atoms with Gasteiger partial charge in [0.05, 0.1) is 5.39 Å². The molecule has 0 saturated carbocycles. The van der Waals surface area contributed by atoms with E-state index in [1.807, 2.05) is 30.3 Å². The first-order chi connectivity index (χ1) is 10.7. The molecule has 4 heteroatoms. The zero-order valence-electron chi connectivity index (χ0n) is 12.0. The Kier molecular flexibility index (Phi) is 3.74. The number of hydrogen-bond acceptors (Lipinski definition) is 4. The van der Waals surface area contributed by atoms with E-state index >= 15 is 0 Å². The van der Waals surface area contributed by atoms with Crippen LogP contribution in [-0.4, -0.2) is 5.97 Å². The first-order valence-electron chi connectivity index (χ1n) is 6.90. The second kappa shape index (κ2) is 5.85. The van der Waals surface area contributed by atoms with Gasteiger partial charge in [0.1, 0.15) is 23.5 Å². The van der Waals surface area contributed by atoms with Crippen molar-refractivity contribution in [1.29, 1.82) is 0 Å². The largest absolute Gasteiger partial charge is 0.460 e. The van der Waals surface area contributed by atoms with Crippen molar-refractivity contribution in [3.63, 3.8) is 0 Å². The van der Waals surface area contributed by atoms with Gasteiger partial charge in [0.25, 0.3) is 0 Å². The fourth-order valence-corrected chi connectivity index (χ4v) is 2.29. The van der Waals surface area contributed by atoms with Crippen LogP contribution in [0.25, 0.3) is 11.0 Å². The summed E-state index contributed by atoms with van der Waals surface area (Å²) in [5.74, 6) is -0.400. The second-order valence-corrected chi connectivity index (χ2v) is 4.92. The molecule has 0 atom stereocenters. The van der Waals surface area contributed by atoms with Gasteiger partial charge in [0.2, 0.25) is 5.43 Å². The number of ether oxygens (including phenoxy) is 1. The summed E-state index contributed by atoms with van der Waals surface area (Å²) >= 11 is 0. The molecule has 0 radical (unpaired) electrons. The second-order valence-electron chi connectivity index (χ2n) is 4.92. The third kappa shape index (κ3) is 2.63. The minimum atomic E-state index is -0.666. The highest BCUT2D eigenvalue weighted by Gasteiger charge is 2.19. The quantitative estimate of drug-likeness (QED) is 0.694. The summed E-state index contributed by atoms with van der Waals surface area (Å²) in [6, 6.07) is 16.1. The number of carbonyl (C=O) groups excluding carboxylic acids is 1. The molecule has 110 valence electrons. The average molecular weight is 294 g/mol. The van der Waals surface area contributed by atoms with Gasteiger partial charge >= 0.3 is 5.97 Å². The van der Waals surface area contributed by atoms with E-state index in [1.165, 1.54) is 0 Å². The molecule has 0 bridgehead atoms. The highest BCUT2D eigenvalue weighted by atomic mass is 16.5. The van der Waals surface area contributed by atoms with Crippen molar-refractivity contribution in [2.24, 2.45) is 0 Å². The summed E-state index contributed by atoms with van der Waals surface area (Å²) in [5, 5.41) is 0.375. The monoisotopic (exact) mass is 294 g/mol. The maximum atomic E-state index is 12.4. The molecule has 0 saturated heterocycles. The number of carbonyl (C=O) groups is 1. The van der Waals surface area contributed by atoms with Gasteiger partial charge in [-0.05, 0) is 24.6 Å². The van der Waals surface area contributed by atoms with Crippen LogP contribution in [0.2, 0.25) is 0 Å². The molecule has 3 aromatic rings. The van der Waals surface area contributed by atoms with E-state index in [0.29, 0.717) is 11.0 Å². The molecule has 0 amide bonds. The highest BCUT2D eigenvalue weighted by Crippen LogP contribution is 2.16. The molecule has 0 aliphatic heterocycles. The van der Waals surface area contributed by atoms with Gasteiger partial charge in [-0.25, -0.2) is 4.79 Å². The fourth-order valence-electron chi connectivity index (χ4n) is 2.29. The van der Waals surface area contributed by atoms with Crippen LogP contribution in [0.3, 0.4) is 0 Å². The normalized spacial score (nSPS) is 10.6. The van der Waals surface area contributed by atoms with Crippen LogP contribution in [0.4, 0.5) is 0 Å². The summed E-state index contributed by atoms with van der Waals surface area (Å²) in [4.78, 5) is 24.7.